The van der Waals surface area contributed by atoms with E-state index >= 15 is 0 Å². The van der Waals surface area contributed by atoms with Gasteiger partial charge in [0.25, 0.3) is 0 Å². The standard InChI is InChI=1S/C25H28N8O2/c34-23-16-33-12-11-32(17-24(33)35)15-18-3-1-4-20(13-18)30-25-28-10-7-21(31-25)19-5-6-22(29-14-19)26-8-2-9-27-23/h1,3-7,10,13-14H,2,8-9,11-12,15-17H2,(H,26,29)(H,27,34)(H,28,30,31). The van der Waals surface area contributed by atoms with Gasteiger partial charge in [0.2, 0.25) is 17.8 Å². The molecule has 0 radical (unpaired) electrons. The monoisotopic (exact) mass is 472 g/mol. The molecule has 5 aliphatic heterocycles. The van der Waals surface area contributed by atoms with Crippen LogP contribution in [-0.2, 0) is 16.1 Å². The molecule has 35 heavy (non-hydrogen) atoms. The van der Waals surface area contributed by atoms with Gasteiger partial charge in [-0.15, -0.1) is 0 Å². The van der Waals surface area contributed by atoms with E-state index in [0.717, 1.165) is 41.3 Å². The molecule has 10 heteroatoms. The molecule has 2 amide bonds. The fourth-order valence-corrected chi connectivity index (χ4v) is 4.19. The van der Waals surface area contributed by atoms with Crippen LogP contribution < -0.4 is 16.0 Å². The fourth-order valence-electron chi connectivity index (χ4n) is 4.19. The van der Waals surface area contributed by atoms with E-state index in [1.54, 1.807) is 17.3 Å². The van der Waals surface area contributed by atoms with Crippen LogP contribution in [0.1, 0.15) is 12.0 Å². The first-order chi connectivity index (χ1) is 17.1. The molecule has 8 rings (SSSR count). The summed E-state index contributed by atoms with van der Waals surface area (Å²) >= 11 is 0. The van der Waals surface area contributed by atoms with Crippen molar-refractivity contribution in [1.82, 2.24) is 30.1 Å². The van der Waals surface area contributed by atoms with Gasteiger partial charge in [0.05, 0.1) is 18.8 Å². The van der Waals surface area contributed by atoms with Crippen molar-refractivity contribution in [3.05, 3.63) is 60.4 Å². The Labute approximate surface area is 203 Å². The van der Waals surface area contributed by atoms with E-state index in [0.29, 0.717) is 38.7 Å². The lowest BCUT2D eigenvalue weighted by Gasteiger charge is -2.34. The number of anilines is 3. The maximum Gasteiger partial charge on any atom is 0.239 e. The van der Waals surface area contributed by atoms with Gasteiger partial charge in [-0.05, 0) is 42.3 Å². The number of hydrogen-bond donors (Lipinski definition) is 3. The molecule has 1 aromatic carbocycles. The third kappa shape index (κ3) is 5.90. The van der Waals surface area contributed by atoms with E-state index in [1.165, 1.54) is 0 Å². The average molecular weight is 473 g/mol. The number of benzene rings is 1. The predicted molar refractivity (Wildman–Crippen MR) is 133 cm³/mol. The third-order valence-corrected chi connectivity index (χ3v) is 6.02. The second kappa shape index (κ2) is 10.5. The van der Waals surface area contributed by atoms with Crippen molar-refractivity contribution in [2.45, 2.75) is 13.0 Å². The van der Waals surface area contributed by atoms with Crippen molar-refractivity contribution in [2.24, 2.45) is 0 Å². The van der Waals surface area contributed by atoms with Gasteiger partial charge in [-0.1, -0.05) is 12.1 Å². The van der Waals surface area contributed by atoms with E-state index in [4.69, 9.17) is 0 Å². The molecule has 1 fully saturated rings. The van der Waals surface area contributed by atoms with Crippen LogP contribution in [-0.4, -0.2) is 75.8 Å². The number of piperazine rings is 1. The molecule has 1 unspecified atom stereocenters. The molecule has 0 aliphatic carbocycles. The highest BCUT2D eigenvalue weighted by Gasteiger charge is 2.25. The highest BCUT2D eigenvalue weighted by molar-refractivity contribution is 5.86. The maximum atomic E-state index is 12.6. The number of rotatable bonds is 0. The van der Waals surface area contributed by atoms with Gasteiger partial charge in [0.1, 0.15) is 5.82 Å². The Balaban J connectivity index is 1.37. The first-order valence-corrected chi connectivity index (χ1v) is 11.8. The Morgan fingerprint density at radius 1 is 0.886 bits per heavy atom. The summed E-state index contributed by atoms with van der Waals surface area (Å²) in [6.45, 7) is 3.50. The van der Waals surface area contributed by atoms with Gasteiger partial charge >= 0.3 is 0 Å². The van der Waals surface area contributed by atoms with E-state index in [9.17, 15) is 9.59 Å². The summed E-state index contributed by atoms with van der Waals surface area (Å²) in [6.07, 6.45) is 4.25. The van der Waals surface area contributed by atoms with E-state index < -0.39 is 0 Å². The number of nitrogens with zero attached hydrogens (tertiary/aromatic N) is 5. The lowest BCUT2D eigenvalue weighted by Crippen LogP contribution is -2.52. The van der Waals surface area contributed by atoms with Gasteiger partial charge < -0.3 is 20.9 Å². The number of pyridine rings is 1. The quantitative estimate of drug-likeness (QED) is 0.454. The zero-order chi connectivity index (χ0) is 24.0. The highest BCUT2D eigenvalue weighted by atomic mass is 16.2. The summed E-state index contributed by atoms with van der Waals surface area (Å²) in [4.78, 5) is 42.2. The molecule has 1 atom stereocenters. The van der Waals surface area contributed by atoms with Crippen molar-refractivity contribution in [3.63, 3.8) is 0 Å². The van der Waals surface area contributed by atoms with Crippen LogP contribution in [0.15, 0.2) is 54.9 Å². The highest BCUT2D eigenvalue weighted by Crippen LogP contribution is 2.21. The second-order valence-electron chi connectivity index (χ2n) is 8.68. The normalized spacial score (nSPS) is 19.0. The number of aromatic nitrogens is 3. The van der Waals surface area contributed by atoms with Gasteiger partial charge in [-0.25, -0.2) is 15.0 Å². The molecule has 7 heterocycles. The molecular formula is C25H28N8O2. The molecule has 0 saturated carbocycles. The maximum absolute atomic E-state index is 12.6. The van der Waals surface area contributed by atoms with Crippen molar-refractivity contribution in [2.75, 3.05) is 49.9 Å². The fraction of sp³-hybridized carbons (Fsp3) is 0.320. The van der Waals surface area contributed by atoms with Crippen molar-refractivity contribution in [3.8, 4) is 11.3 Å². The molecule has 10 nitrogen and oxygen atoms in total. The number of carbonyl (C=O) groups is 2. The molecule has 0 spiro atoms. The molecule has 1 saturated heterocycles. The summed E-state index contributed by atoms with van der Waals surface area (Å²) < 4.78 is 0. The van der Waals surface area contributed by atoms with Crippen molar-refractivity contribution in [1.29, 1.82) is 0 Å². The Morgan fingerprint density at radius 3 is 2.66 bits per heavy atom. The average Bonchev–Trinajstić information content (AvgIpc) is 2.86. The van der Waals surface area contributed by atoms with Crippen molar-refractivity contribution >= 4 is 29.3 Å². The molecular weight excluding hydrogens is 444 g/mol. The second-order valence-corrected chi connectivity index (χ2v) is 8.68. The number of nitrogens with one attached hydrogen (secondary N) is 3. The molecule has 8 bridgehead atoms. The Kier molecular flexibility index (Phi) is 6.80. The van der Waals surface area contributed by atoms with Crippen LogP contribution in [0, 0.1) is 0 Å². The minimum absolute atomic E-state index is 0.0275. The summed E-state index contributed by atoms with van der Waals surface area (Å²) in [5, 5.41) is 9.45. The zero-order valence-electron chi connectivity index (χ0n) is 19.4. The van der Waals surface area contributed by atoms with Gasteiger partial charge in [0.15, 0.2) is 0 Å². The van der Waals surface area contributed by atoms with Crippen LogP contribution in [0.2, 0.25) is 0 Å². The number of hydrogen-bond acceptors (Lipinski definition) is 8. The van der Waals surface area contributed by atoms with Gasteiger partial charge in [0, 0.05) is 56.4 Å². The van der Waals surface area contributed by atoms with E-state index in [-0.39, 0.29) is 18.4 Å². The molecule has 3 N–H and O–H groups in total. The van der Waals surface area contributed by atoms with Crippen LogP contribution in [0.4, 0.5) is 17.5 Å². The zero-order valence-corrected chi connectivity index (χ0v) is 19.4. The lowest BCUT2D eigenvalue weighted by molar-refractivity contribution is -0.140. The molecule has 5 aliphatic rings. The molecule has 2 aromatic heterocycles. The Morgan fingerprint density at radius 2 is 1.80 bits per heavy atom. The summed E-state index contributed by atoms with van der Waals surface area (Å²) in [5.74, 6) is 1.10. The van der Waals surface area contributed by atoms with Gasteiger partial charge in [-0.2, -0.15) is 0 Å². The number of carbonyl (C=O) groups excluding carboxylic acids is 2. The third-order valence-electron chi connectivity index (χ3n) is 6.02. The van der Waals surface area contributed by atoms with Crippen LogP contribution >= 0.6 is 0 Å². The topological polar surface area (TPSA) is 115 Å². The largest absolute Gasteiger partial charge is 0.370 e. The van der Waals surface area contributed by atoms with E-state index in [1.807, 2.05) is 42.5 Å². The minimum atomic E-state index is -0.130. The predicted octanol–water partition coefficient (Wildman–Crippen LogP) is 1.86. The minimum Gasteiger partial charge on any atom is -0.370 e. The first kappa shape index (κ1) is 22.7. The van der Waals surface area contributed by atoms with Crippen LogP contribution in [0.3, 0.4) is 0 Å². The van der Waals surface area contributed by atoms with Crippen LogP contribution in [0.5, 0.6) is 0 Å². The molecule has 3 aromatic rings. The lowest BCUT2D eigenvalue weighted by atomic mass is 10.1. The summed E-state index contributed by atoms with van der Waals surface area (Å²) in [5.41, 5.74) is 3.62. The Bertz CT molecular complexity index is 1200. The van der Waals surface area contributed by atoms with Gasteiger partial charge in [-0.3, -0.25) is 14.5 Å². The first-order valence-electron chi connectivity index (χ1n) is 11.8. The van der Waals surface area contributed by atoms with E-state index in [2.05, 4.69) is 35.8 Å². The summed E-state index contributed by atoms with van der Waals surface area (Å²) in [6, 6.07) is 13.7. The van der Waals surface area contributed by atoms with Crippen LogP contribution in [0.25, 0.3) is 11.3 Å². The Hall–Kier alpha value is -4.05. The van der Waals surface area contributed by atoms with Crippen molar-refractivity contribution < 1.29 is 9.59 Å². The SMILES string of the molecule is O=C1CN2CCN(CC2=O)Cc2cccc(c2)Nc2nccc(n2)-c2ccc(nc2)NCCCN1. The smallest absolute Gasteiger partial charge is 0.239 e. The molecule has 180 valence electrons. The number of amides is 2. The summed E-state index contributed by atoms with van der Waals surface area (Å²) in [7, 11) is 0.